The SMILES string of the molecule is O=C([C@@H]1CCC[C@]12CCN(Cc1cccnc1)C2)N1CC(F)(F)C1. The molecule has 1 aromatic rings. The molecule has 0 N–H and O–H groups in total. The third-order valence-corrected chi connectivity index (χ3v) is 5.95. The third-order valence-electron chi connectivity index (χ3n) is 5.95. The molecule has 24 heavy (non-hydrogen) atoms. The molecule has 1 amide bonds. The van der Waals surface area contributed by atoms with Crippen LogP contribution < -0.4 is 0 Å². The van der Waals surface area contributed by atoms with Crippen molar-refractivity contribution in [3.05, 3.63) is 30.1 Å². The molecule has 4 nitrogen and oxygen atoms in total. The zero-order valence-electron chi connectivity index (χ0n) is 13.8. The van der Waals surface area contributed by atoms with E-state index in [1.165, 1.54) is 10.5 Å². The molecule has 2 aliphatic heterocycles. The minimum absolute atomic E-state index is 0.00975. The normalized spacial score (nSPS) is 32.2. The Hall–Kier alpha value is -1.56. The second kappa shape index (κ2) is 5.76. The summed E-state index contributed by atoms with van der Waals surface area (Å²) in [7, 11) is 0. The van der Waals surface area contributed by atoms with Crippen LogP contribution in [0.15, 0.2) is 24.5 Å². The van der Waals surface area contributed by atoms with Gasteiger partial charge in [0.25, 0.3) is 5.92 Å². The van der Waals surface area contributed by atoms with Crippen molar-refractivity contribution in [1.29, 1.82) is 0 Å². The lowest BCUT2D eigenvalue weighted by Crippen LogP contribution is -2.60. The van der Waals surface area contributed by atoms with Crippen LogP contribution in [-0.4, -0.2) is 52.8 Å². The predicted molar refractivity (Wildman–Crippen MR) is 85.4 cm³/mol. The Balaban J connectivity index is 1.42. The first kappa shape index (κ1) is 15.9. The fraction of sp³-hybridized carbons (Fsp3) is 0.667. The van der Waals surface area contributed by atoms with E-state index in [-0.39, 0.29) is 17.2 Å². The van der Waals surface area contributed by atoms with Crippen molar-refractivity contribution in [1.82, 2.24) is 14.8 Å². The lowest BCUT2D eigenvalue weighted by molar-refractivity contribution is -0.172. The number of alkyl halides is 2. The zero-order valence-corrected chi connectivity index (χ0v) is 13.8. The van der Waals surface area contributed by atoms with Gasteiger partial charge in [-0.1, -0.05) is 12.5 Å². The molecule has 3 aliphatic rings. The van der Waals surface area contributed by atoms with E-state index in [4.69, 9.17) is 0 Å². The number of pyridine rings is 1. The molecular formula is C18H23F2N3O. The molecule has 1 aromatic heterocycles. The van der Waals surface area contributed by atoms with Crippen molar-refractivity contribution in [3.63, 3.8) is 0 Å². The van der Waals surface area contributed by atoms with E-state index in [1.54, 1.807) is 6.20 Å². The van der Waals surface area contributed by atoms with Crippen molar-refractivity contribution >= 4 is 5.91 Å². The van der Waals surface area contributed by atoms with Gasteiger partial charge >= 0.3 is 0 Å². The first-order valence-electron chi connectivity index (χ1n) is 8.75. The number of carbonyl (C=O) groups excluding carboxylic acids is 1. The number of nitrogens with zero attached hydrogens (tertiary/aromatic N) is 3. The summed E-state index contributed by atoms with van der Waals surface area (Å²) < 4.78 is 26.2. The van der Waals surface area contributed by atoms with Crippen molar-refractivity contribution in [2.24, 2.45) is 11.3 Å². The maximum Gasteiger partial charge on any atom is 0.282 e. The van der Waals surface area contributed by atoms with Crippen molar-refractivity contribution in [2.45, 2.75) is 38.2 Å². The third kappa shape index (κ3) is 2.81. The summed E-state index contributed by atoms with van der Waals surface area (Å²) in [6, 6.07) is 4.00. The molecule has 130 valence electrons. The van der Waals surface area contributed by atoms with Gasteiger partial charge in [-0.25, -0.2) is 8.78 Å². The quantitative estimate of drug-likeness (QED) is 0.852. The first-order chi connectivity index (χ1) is 11.5. The molecule has 0 unspecified atom stereocenters. The van der Waals surface area contributed by atoms with Crippen LogP contribution in [0.5, 0.6) is 0 Å². The minimum atomic E-state index is -2.68. The monoisotopic (exact) mass is 335 g/mol. The highest BCUT2D eigenvalue weighted by atomic mass is 19.3. The molecule has 4 rings (SSSR count). The maximum absolute atomic E-state index is 13.1. The Morgan fingerprint density at radius 2 is 2.12 bits per heavy atom. The standard InChI is InChI=1S/C18H23F2N3O/c19-18(20)12-23(13-18)16(24)15-4-1-5-17(15)6-8-22(11-17)10-14-3-2-7-21-9-14/h2-3,7,9,15H,1,4-6,8,10-13H2/t15-,17+/m0/s1. The summed E-state index contributed by atoms with van der Waals surface area (Å²) in [6.45, 7) is 1.92. The molecule has 2 saturated heterocycles. The van der Waals surface area contributed by atoms with E-state index >= 15 is 0 Å². The molecule has 1 saturated carbocycles. The molecule has 0 aromatic carbocycles. The van der Waals surface area contributed by atoms with E-state index in [0.29, 0.717) is 0 Å². The van der Waals surface area contributed by atoms with E-state index in [2.05, 4.69) is 16.0 Å². The number of aromatic nitrogens is 1. The highest BCUT2D eigenvalue weighted by molar-refractivity contribution is 5.81. The highest BCUT2D eigenvalue weighted by Crippen LogP contribution is 2.51. The van der Waals surface area contributed by atoms with Crippen LogP contribution in [0.4, 0.5) is 8.78 Å². The number of carbonyl (C=O) groups is 1. The first-order valence-corrected chi connectivity index (χ1v) is 8.75. The number of rotatable bonds is 3. The fourth-order valence-electron chi connectivity index (χ4n) is 4.77. The molecule has 0 bridgehead atoms. The lowest BCUT2D eigenvalue weighted by atomic mass is 9.76. The summed E-state index contributed by atoms with van der Waals surface area (Å²) in [5.41, 5.74) is 1.17. The van der Waals surface area contributed by atoms with Crippen LogP contribution >= 0.6 is 0 Å². The van der Waals surface area contributed by atoms with E-state index in [1.807, 2.05) is 12.3 Å². The van der Waals surface area contributed by atoms with Gasteiger partial charge in [0, 0.05) is 31.4 Å². The van der Waals surface area contributed by atoms with Gasteiger partial charge in [-0.3, -0.25) is 14.7 Å². The molecule has 2 atom stereocenters. The molecule has 3 heterocycles. The van der Waals surface area contributed by atoms with Gasteiger partial charge in [-0.05, 0) is 42.9 Å². The van der Waals surface area contributed by atoms with Gasteiger partial charge in [0.1, 0.15) is 0 Å². The number of halogens is 2. The minimum Gasteiger partial charge on any atom is -0.330 e. The second-order valence-corrected chi connectivity index (χ2v) is 7.68. The average Bonchev–Trinajstić information content (AvgIpc) is 3.13. The Labute approximate surface area is 140 Å². The van der Waals surface area contributed by atoms with Crippen LogP contribution in [0.25, 0.3) is 0 Å². The van der Waals surface area contributed by atoms with Crippen LogP contribution in [0, 0.1) is 11.3 Å². The number of hydrogen-bond acceptors (Lipinski definition) is 3. The summed E-state index contributed by atoms with van der Waals surface area (Å²) >= 11 is 0. The molecule has 0 radical (unpaired) electrons. The number of likely N-dealkylation sites (tertiary alicyclic amines) is 2. The Bertz CT molecular complexity index is 616. The van der Waals surface area contributed by atoms with Crippen LogP contribution in [0.2, 0.25) is 0 Å². The summed E-state index contributed by atoms with van der Waals surface area (Å²) in [6.07, 6.45) is 7.56. The molecule has 1 spiro atoms. The maximum atomic E-state index is 13.1. The average molecular weight is 335 g/mol. The molecular weight excluding hydrogens is 312 g/mol. The summed E-state index contributed by atoms with van der Waals surface area (Å²) in [5, 5.41) is 0. The Kier molecular flexibility index (Phi) is 3.82. The zero-order chi connectivity index (χ0) is 16.8. The van der Waals surface area contributed by atoms with Gasteiger partial charge in [0.15, 0.2) is 0 Å². The van der Waals surface area contributed by atoms with Gasteiger partial charge in [-0.2, -0.15) is 0 Å². The molecule has 1 aliphatic carbocycles. The Morgan fingerprint density at radius 1 is 1.29 bits per heavy atom. The summed E-state index contributed by atoms with van der Waals surface area (Å²) in [4.78, 5) is 20.6. The van der Waals surface area contributed by atoms with Gasteiger partial charge in [0.2, 0.25) is 5.91 Å². The Morgan fingerprint density at radius 3 is 2.83 bits per heavy atom. The van der Waals surface area contributed by atoms with E-state index in [9.17, 15) is 13.6 Å². The predicted octanol–water partition coefficient (Wildman–Crippen LogP) is 2.55. The van der Waals surface area contributed by atoms with Gasteiger partial charge in [0.05, 0.1) is 13.1 Å². The highest BCUT2D eigenvalue weighted by Gasteiger charge is 2.55. The van der Waals surface area contributed by atoms with Crippen molar-refractivity contribution < 1.29 is 13.6 Å². The molecule has 6 heteroatoms. The number of amides is 1. The van der Waals surface area contributed by atoms with E-state index < -0.39 is 19.0 Å². The van der Waals surface area contributed by atoms with Crippen molar-refractivity contribution in [3.8, 4) is 0 Å². The van der Waals surface area contributed by atoms with E-state index in [0.717, 1.165) is 45.3 Å². The van der Waals surface area contributed by atoms with Gasteiger partial charge in [-0.15, -0.1) is 0 Å². The second-order valence-electron chi connectivity index (χ2n) is 7.68. The van der Waals surface area contributed by atoms with Gasteiger partial charge < -0.3 is 4.90 Å². The fourth-order valence-corrected chi connectivity index (χ4v) is 4.77. The number of hydrogen-bond donors (Lipinski definition) is 0. The van der Waals surface area contributed by atoms with Crippen LogP contribution in [0.3, 0.4) is 0 Å². The topological polar surface area (TPSA) is 36.4 Å². The smallest absolute Gasteiger partial charge is 0.282 e. The largest absolute Gasteiger partial charge is 0.330 e. The summed E-state index contributed by atoms with van der Waals surface area (Å²) in [5.74, 6) is -2.79. The molecule has 3 fully saturated rings. The van der Waals surface area contributed by atoms with Crippen LogP contribution in [0.1, 0.15) is 31.2 Å². The van der Waals surface area contributed by atoms with Crippen molar-refractivity contribution in [2.75, 3.05) is 26.2 Å². The van der Waals surface area contributed by atoms with Crippen LogP contribution in [-0.2, 0) is 11.3 Å². The lowest BCUT2D eigenvalue weighted by Gasteiger charge is -2.42.